The van der Waals surface area contributed by atoms with Crippen molar-refractivity contribution in [2.75, 3.05) is 6.79 Å². The number of H-pyrrole nitrogens is 2. The summed E-state index contributed by atoms with van der Waals surface area (Å²) < 4.78 is 18.8. The SMILES string of the molecule is Cn1[nH]cc2c(-c3cc4cc5c(cc4[nH]c3=O)OCO5)c3oc4cc(=O)ccc4c3nc21. The second kappa shape index (κ2) is 5.79. The molecule has 156 valence electrons. The number of fused-ring (bicyclic) bond motifs is 6. The molecule has 9 heteroatoms. The topological polar surface area (TPSA) is 115 Å². The first-order valence-electron chi connectivity index (χ1n) is 9.94. The molecule has 0 fully saturated rings. The number of hydrogen-bond acceptors (Lipinski definition) is 6. The number of furan rings is 1. The summed E-state index contributed by atoms with van der Waals surface area (Å²) in [6.07, 6.45) is 1.78. The van der Waals surface area contributed by atoms with Gasteiger partial charge in [0.15, 0.2) is 28.2 Å². The number of benzene rings is 2. The minimum Gasteiger partial charge on any atom is -0.454 e. The van der Waals surface area contributed by atoms with Gasteiger partial charge in [0.2, 0.25) is 6.79 Å². The Morgan fingerprint density at radius 3 is 2.75 bits per heavy atom. The molecule has 2 aromatic carbocycles. The van der Waals surface area contributed by atoms with Gasteiger partial charge < -0.3 is 24.0 Å². The van der Waals surface area contributed by atoms with E-state index in [1.54, 1.807) is 23.0 Å². The van der Waals surface area contributed by atoms with Crippen molar-refractivity contribution >= 4 is 44.0 Å². The molecular weight excluding hydrogens is 412 g/mol. The predicted octanol–water partition coefficient (Wildman–Crippen LogP) is 3.40. The molecule has 0 unspecified atom stereocenters. The van der Waals surface area contributed by atoms with Gasteiger partial charge in [-0.15, -0.1) is 0 Å². The van der Waals surface area contributed by atoms with Crippen molar-refractivity contribution in [3.05, 3.63) is 63.2 Å². The lowest BCUT2D eigenvalue weighted by atomic mass is 10.0. The average Bonchev–Trinajstić information content (AvgIpc) is 3.47. The van der Waals surface area contributed by atoms with Crippen molar-refractivity contribution in [2.24, 2.45) is 7.05 Å². The molecule has 0 amide bonds. The zero-order chi connectivity index (χ0) is 21.6. The summed E-state index contributed by atoms with van der Waals surface area (Å²) in [5.41, 5.74) is 3.36. The third kappa shape index (κ3) is 2.19. The predicted molar refractivity (Wildman–Crippen MR) is 118 cm³/mol. The van der Waals surface area contributed by atoms with Gasteiger partial charge in [-0.1, -0.05) is 0 Å². The van der Waals surface area contributed by atoms with Gasteiger partial charge >= 0.3 is 0 Å². The summed E-state index contributed by atoms with van der Waals surface area (Å²) >= 11 is 0. The molecule has 6 aromatic rings. The summed E-state index contributed by atoms with van der Waals surface area (Å²) in [4.78, 5) is 32.8. The highest BCUT2D eigenvalue weighted by Crippen LogP contribution is 2.40. The molecule has 32 heavy (non-hydrogen) atoms. The number of hydrogen-bond donors (Lipinski definition) is 2. The number of aromatic nitrogens is 4. The van der Waals surface area contributed by atoms with Crippen LogP contribution in [0, 0.1) is 0 Å². The molecule has 0 saturated carbocycles. The van der Waals surface area contributed by atoms with Crippen LogP contribution in [0.2, 0.25) is 0 Å². The summed E-state index contributed by atoms with van der Waals surface area (Å²) in [7, 11) is 1.84. The number of rotatable bonds is 1. The van der Waals surface area contributed by atoms with E-state index in [2.05, 4.69) is 10.1 Å². The van der Waals surface area contributed by atoms with Gasteiger partial charge in [0.1, 0.15) is 11.1 Å². The highest BCUT2D eigenvalue weighted by atomic mass is 16.7. The Morgan fingerprint density at radius 2 is 1.88 bits per heavy atom. The van der Waals surface area contributed by atoms with Crippen LogP contribution in [0.15, 0.2) is 56.6 Å². The summed E-state index contributed by atoms with van der Waals surface area (Å²) in [6.45, 7) is 0.148. The fourth-order valence-corrected chi connectivity index (χ4v) is 4.41. The van der Waals surface area contributed by atoms with Crippen LogP contribution in [-0.2, 0) is 7.05 Å². The van der Waals surface area contributed by atoms with Crippen molar-refractivity contribution in [1.82, 2.24) is 19.7 Å². The van der Waals surface area contributed by atoms with Gasteiger partial charge in [-0.2, -0.15) is 0 Å². The highest BCUT2D eigenvalue weighted by Gasteiger charge is 2.23. The van der Waals surface area contributed by atoms with Crippen molar-refractivity contribution in [3.8, 4) is 22.6 Å². The van der Waals surface area contributed by atoms with E-state index < -0.39 is 0 Å². The molecule has 9 nitrogen and oxygen atoms in total. The molecule has 0 bridgehead atoms. The van der Waals surface area contributed by atoms with E-state index in [0.717, 1.165) is 10.8 Å². The smallest absolute Gasteiger partial charge is 0.256 e. The maximum absolute atomic E-state index is 13.2. The van der Waals surface area contributed by atoms with E-state index in [1.807, 2.05) is 19.2 Å². The summed E-state index contributed by atoms with van der Waals surface area (Å²) in [5.74, 6) is 1.22. The van der Waals surface area contributed by atoms with E-state index in [1.165, 1.54) is 12.1 Å². The van der Waals surface area contributed by atoms with Crippen molar-refractivity contribution in [2.45, 2.75) is 0 Å². The normalized spacial score (nSPS) is 13.2. The van der Waals surface area contributed by atoms with Crippen LogP contribution < -0.4 is 20.5 Å². The molecule has 5 heterocycles. The number of pyridine rings is 2. The van der Waals surface area contributed by atoms with Crippen molar-refractivity contribution in [3.63, 3.8) is 0 Å². The monoisotopic (exact) mass is 426 g/mol. The Morgan fingerprint density at radius 1 is 1.03 bits per heavy atom. The number of ether oxygens (including phenoxy) is 2. The maximum atomic E-state index is 13.2. The third-order valence-electron chi connectivity index (χ3n) is 5.92. The van der Waals surface area contributed by atoms with Crippen molar-refractivity contribution in [1.29, 1.82) is 0 Å². The molecule has 0 radical (unpaired) electrons. The van der Waals surface area contributed by atoms with Gasteiger partial charge in [0.05, 0.1) is 11.1 Å². The van der Waals surface area contributed by atoms with Crippen LogP contribution in [0.5, 0.6) is 11.5 Å². The molecule has 2 N–H and O–H groups in total. The zero-order valence-electron chi connectivity index (χ0n) is 16.7. The molecule has 0 saturated heterocycles. The first-order valence-corrected chi connectivity index (χ1v) is 9.94. The second-order valence-electron chi connectivity index (χ2n) is 7.80. The van der Waals surface area contributed by atoms with E-state index in [0.29, 0.717) is 55.9 Å². The molecule has 4 aromatic heterocycles. The first kappa shape index (κ1) is 17.2. The van der Waals surface area contributed by atoms with Gasteiger partial charge in [0, 0.05) is 47.1 Å². The highest BCUT2D eigenvalue weighted by molar-refractivity contribution is 6.14. The molecule has 1 aliphatic rings. The fourth-order valence-electron chi connectivity index (χ4n) is 4.41. The fraction of sp³-hybridized carbons (Fsp3) is 0.0870. The second-order valence-corrected chi connectivity index (χ2v) is 7.80. The average molecular weight is 426 g/mol. The lowest BCUT2D eigenvalue weighted by Gasteiger charge is -2.07. The van der Waals surface area contributed by atoms with E-state index in [9.17, 15) is 9.59 Å². The van der Waals surface area contributed by atoms with Gasteiger partial charge in [0.25, 0.3) is 5.56 Å². The largest absolute Gasteiger partial charge is 0.454 e. The minimum absolute atomic E-state index is 0.148. The summed E-state index contributed by atoms with van der Waals surface area (Å²) in [6, 6.07) is 10.0. The van der Waals surface area contributed by atoms with Gasteiger partial charge in [-0.3, -0.25) is 14.3 Å². The summed E-state index contributed by atoms with van der Waals surface area (Å²) in [5, 5.41) is 5.35. The molecule has 7 rings (SSSR count). The van der Waals surface area contributed by atoms with Crippen LogP contribution in [0.3, 0.4) is 0 Å². The molecule has 0 aliphatic carbocycles. The Bertz CT molecular complexity index is 1870. The Labute approximate surface area is 177 Å². The standard InChI is InChI=1S/C23H14N4O5/c1-27-22-14(8-24-27)19(21-20(26-22)12-3-2-11(28)6-16(12)32-21)13-4-10-5-17-18(31-9-30-17)7-15(10)25-23(13)29/h2-8,24H,9H2,1H3,(H,25,29). The number of nitrogens with zero attached hydrogens (tertiary/aromatic N) is 2. The van der Waals surface area contributed by atoms with E-state index in [-0.39, 0.29) is 17.8 Å². The van der Waals surface area contributed by atoms with E-state index >= 15 is 0 Å². The minimum atomic E-state index is -0.279. The number of aryl methyl sites for hydroxylation is 1. The lowest BCUT2D eigenvalue weighted by molar-refractivity contribution is 0.174. The third-order valence-corrected chi connectivity index (χ3v) is 5.92. The van der Waals surface area contributed by atoms with Crippen LogP contribution in [0.4, 0.5) is 0 Å². The molecule has 0 spiro atoms. The first-order chi connectivity index (χ1) is 15.6. The number of aromatic amines is 2. The van der Waals surface area contributed by atoms with Crippen LogP contribution in [0.1, 0.15) is 0 Å². The van der Waals surface area contributed by atoms with Gasteiger partial charge in [-0.05, 0) is 24.3 Å². The quantitative estimate of drug-likeness (QED) is 0.416. The van der Waals surface area contributed by atoms with Crippen LogP contribution >= 0.6 is 0 Å². The molecule has 1 aliphatic heterocycles. The Balaban J connectivity index is 1.65. The van der Waals surface area contributed by atoms with Crippen LogP contribution in [-0.4, -0.2) is 26.5 Å². The maximum Gasteiger partial charge on any atom is 0.256 e. The molecular formula is C23H14N4O5. The Hall–Kier alpha value is -4.53. The molecule has 0 atom stereocenters. The van der Waals surface area contributed by atoms with Crippen molar-refractivity contribution < 1.29 is 13.9 Å². The number of nitrogens with one attached hydrogen (secondary N) is 2. The van der Waals surface area contributed by atoms with E-state index in [4.69, 9.17) is 18.9 Å². The lowest BCUT2D eigenvalue weighted by Crippen LogP contribution is -2.09. The van der Waals surface area contributed by atoms with Crippen LogP contribution in [0.25, 0.3) is 55.1 Å². The van der Waals surface area contributed by atoms with Gasteiger partial charge in [-0.25, -0.2) is 4.98 Å². The Kier molecular flexibility index (Phi) is 3.11. The zero-order valence-corrected chi connectivity index (χ0v) is 16.7.